The van der Waals surface area contributed by atoms with Gasteiger partial charge in [-0.05, 0) is 13.8 Å². The Kier molecular flexibility index (Phi) is 3.28. The molecule has 0 spiro atoms. The fourth-order valence-electron chi connectivity index (χ4n) is 0.483. The third-order valence-electron chi connectivity index (χ3n) is 0.799. The van der Waals surface area contributed by atoms with Crippen molar-refractivity contribution in [2.75, 3.05) is 5.75 Å². The minimum Gasteiger partial charge on any atom is -0.285 e. The lowest BCUT2D eigenvalue weighted by molar-refractivity contribution is 0.453. The molecule has 4 nitrogen and oxygen atoms in total. The Hall–Kier alpha value is 0.350. The Morgan fingerprint density at radius 3 is 2.10 bits per heavy atom. The Balaban J connectivity index is 4.16. The fourth-order valence-corrected chi connectivity index (χ4v) is 1.79. The number of rotatable bonds is 3. The second kappa shape index (κ2) is 3.17. The maximum atomic E-state index is 10.3. The summed E-state index contributed by atoms with van der Waals surface area (Å²) in [7, 11) is -3.89. The molecule has 0 fully saturated rings. The maximum Gasteiger partial charge on any atom is 0.266 e. The van der Waals surface area contributed by atoms with Gasteiger partial charge in [-0.25, -0.2) is 4.34 Å². The molecule has 0 atom stereocenters. The molecule has 0 bridgehead atoms. The predicted octanol–water partition coefficient (Wildman–Crippen LogP) is 0.552. The van der Waals surface area contributed by atoms with Crippen LogP contribution in [0.15, 0.2) is 0 Å². The van der Waals surface area contributed by atoms with E-state index in [0.717, 1.165) is 0 Å². The molecule has 0 saturated heterocycles. The van der Waals surface area contributed by atoms with Crippen molar-refractivity contribution in [2.45, 2.75) is 19.4 Å². The minimum atomic E-state index is -3.89. The largest absolute Gasteiger partial charge is 0.285 e. The van der Waals surface area contributed by atoms with Gasteiger partial charge in [0.1, 0.15) is 0 Å². The molecule has 62 valence electrons. The summed E-state index contributed by atoms with van der Waals surface area (Å²) in [5.41, 5.74) is -0.645. The van der Waals surface area contributed by atoms with E-state index in [1.807, 2.05) is 0 Å². The van der Waals surface area contributed by atoms with Crippen LogP contribution in [0.4, 0.5) is 0 Å². The van der Waals surface area contributed by atoms with Crippen LogP contribution in [0.2, 0.25) is 0 Å². The Morgan fingerprint density at radius 1 is 1.60 bits per heavy atom. The highest BCUT2D eigenvalue weighted by Gasteiger charge is 2.22. The van der Waals surface area contributed by atoms with Crippen LogP contribution in [-0.4, -0.2) is 24.3 Å². The minimum absolute atomic E-state index is 0.314. The fraction of sp³-hybridized carbons (Fsp3) is 1.00. The van der Waals surface area contributed by atoms with Gasteiger partial charge in [-0.15, -0.1) is 0 Å². The van der Waals surface area contributed by atoms with Crippen LogP contribution in [0, 0.1) is 0 Å². The summed E-state index contributed by atoms with van der Waals surface area (Å²) in [6.07, 6.45) is 0. The van der Waals surface area contributed by atoms with Gasteiger partial charge in [0.25, 0.3) is 10.1 Å². The van der Waals surface area contributed by atoms with Crippen LogP contribution >= 0.6 is 16.1 Å². The SMILES string of the molecule is CC(C)(CS(=O)(=O)O)NBr. The molecule has 0 amide bonds. The Bertz CT molecular complexity index is 199. The summed E-state index contributed by atoms with van der Waals surface area (Å²) in [6, 6.07) is 0. The van der Waals surface area contributed by atoms with Gasteiger partial charge in [-0.3, -0.25) is 4.55 Å². The molecule has 0 aliphatic rings. The van der Waals surface area contributed by atoms with E-state index in [0.29, 0.717) is 0 Å². The van der Waals surface area contributed by atoms with Crippen molar-refractivity contribution >= 4 is 26.3 Å². The normalized spacial score (nSPS) is 13.6. The third kappa shape index (κ3) is 5.16. The highest BCUT2D eigenvalue weighted by atomic mass is 79.9. The summed E-state index contributed by atoms with van der Waals surface area (Å²) in [4.78, 5) is 0. The van der Waals surface area contributed by atoms with E-state index >= 15 is 0 Å². The van der Waals surface area contributed by atoms with E-state index in [4.69, 9.17) is 4.55 Å². The number of nitrogens with one attached hydrogen (secondary N) is 1. The van der Waals surface area contributed by atoms with Gasteiger partial charge in [-0.1, -0.05) is 0 Å². The maximum absolute atomic E-state index is 10.3. The summed E-state index contributed by atoms with van der Waals surface area (Å²) < 4.78 is 31.6. The quantitative estimate of drug-likeness (QED) is 0.551. The Labute approximate surface area is 69.1 Å². The van der Waals surface area contributed by atoms with E-state index in [2.05, 4.69) is 20.5 Å². The van der Waals surface area contributed by atoms with Crippen molar-refractivity contribution in [3.63, 3.8) is 0 Å². The smallest absolute Gasteiger partial charge is 0.266 e. The summed E-state index contributed by atoms with van der Waals surface area (Å²) in [6.45, 7) is 3.30. The van der Waals surface area contributed by atoms with Gasteiger partial charge in [0, 0.05) is 21.7 Å². The van der Waals surface area contributed by atoms with Crippen molar-refractivity contribution in [3.05, 3.63) is 0 Å². The van der Waals surface area contributed by atoms with Gasteiger partial charge in [-0.2, -0.15) is 8.42 Å². The van der Waals surface area contributed by atoms with Crippen LogP contribution in [0.25, 0.3) is 0 Å². The van der Waals surface area contributed by atoms with Crippen molar-refractivity contribution in [3.8, 4) is 0 Å². The monoisotopic (exact) mass is 231 g/mol. The highest BCUT2D eigenvalue weighted by Crippen LogP contribution is 2.06. The van der Waals surface area contributed by atoms with Gasteiger partial charge in [0.05, 0.1) is 5.75 Å². The molecule has 6 heteroatoms. The second-order valence-electron chi connectivity index (χ2n) is 2.70. The average Bonchev–Trinajstić information content (AvgIpc) is 1.60. The summed E-state index contributed by atoms with van der Waals surface area (Å²) in [5, 5.41) is 0. The molecular weight excluding hydrogens is 222 g/mol. The van der Waals surface area contributed by atoms with Crippen LogP contribution in [0.5, 0.6) is 0 Å². The topological polar surface area (TPSA) is 66.4 Å². The molecule has 0 radical (unpaired) electrons. The molecule has 0 heterocycles. The molecule has 0 rings (SSSR count). The lowest BCUT2D eigenvalue weighted by Crippen LogP contribution is -2.39. The van der Waals surface area contributed by atoms with Crippen LogP contribution in [0.3, 0.4) is 0 Å². The molecule has 0 aromatic heterocycles. The predicted molar refractivity (Wildman–Crippen MR) is 42.6 cm³/mol. The summed E-state index contributed by atoms with van der Waals surface area (Å²) >= 11 is 2.90. The van der Waals surface area contributed by atoms with E-state index in [1.165, 1.54) is 0 Å². The van der Waals surface area contributed by atoms with Crippen molar-refractivity contribution < 1.29 is 13.0 Å². The molecule has 0 aliphatic carbocycles. The lowest BCUT2D eigenvalue weighted by Gasteiger charge is -2.19. The number of hydrogen-bond acceptors (Lipinski definition) is 3. The number of halogens is 1. The third-order valence-corrected chi connectivity index (χ3v) is 2.96. The van der Waals surface area contributed by atoms with E-state index in [-0.39, 0.29) is 5.75 Å². The van der Waals surface area contributed by atoms with Gasteiger partial charge < -0.3 is 0 Å². The van der Waals surface area contributed by atoms with E-state index in [1.54, 1.807) is 13.8 Å². The first-order valence-electron chi connectivity index (χ1n) is 2.60. The molecule has 0 aliphatic heterocycles. The zero-order valence-electron chi connectivity index (χ0n) is 5.76. The first kappa shape index (κ1) is 10.3. The zero-order valence-corrected chi connectivity index (χ0v) is 8.16. The first-order chi connectivity index (χ1) is 4.27. The Morgan fingerprint density at radius 2 is 2.00 bits per heavy atom. The van der Waals surface area contributed by atoms with Crippen LogP contribution in [0.1, 0.15) is 13.8 Å². The van der Waals surface area contributed by atoms with Crippen LogP contribution < -0.4 is 4.34 Å². The lowest BCUT2D eigenvalue weighted by atomic mass is 10.1. The molecule has 0 saturated carbocycles. The van der Waals surface area contributed by atoms with E-state index in [9.17, 15) is 8.42 Å². The first-order valence-corrected chi connectivity index (χ1v) is 5.00. The summed E-state index contributed by atoms with van der Waals surface area (Å²) in [5.74, 6) is -0.314. The van der Waals surface area contributed by atoms with Crippen LogP contribution in [-0.2, 0) is 10.1 Å². The standard InChI is InChI=1S/C4H10BrNO3S/c1-4(2,6-5)3-10(7,8)9/h6H,3H2,1-2H3,(H,7,8,9). The molecule has 0 aromatic rings. The molecule has 0 unspecified atom stereocenters. The average molecular weight is 232 g/mol. The van der Waals surface area contributed by atoms with Crippen molar-refractivity contribution in [1.82, 2.24) is 4.34 Å². The molecular formula is C4H10BrNO3S. The van der Waals surface area contributed by atoms with Gasteiger partial charge in [0.2, 0.25) is 0 Å². The molecule has 0 aromatic carbocycles. The highest BCUT2D eigenvalue weighted by molar-refractivity contribution is 9.08. The number of hydrogen-bond donors (Lipinski definition) is 2. The molecule has 10 heavy (non-hydrogen) atoms. The zero-order chi connectivity index (χ0) is 8.41. The second-order valence-corrected chi connectivity index (χ2v) is 4.55. The van der Waals surface area contributed by atoms with Gasteiger partial charge in [0.15, 0.2) is 0 Å². The van der Waals surface area contributed by atoms with Gasteiger partial charge >= 0.3 is 0 Å². The van der Waals surface area contributed by atoms with Crippen molar-refractivity contribution in [2.24, 2.45) is 0 Å². The van der Waals surface area contributed by atoms with E-state index < -0.39 is 15.7 Å². The van der Waals surface area contributed by atoms with Crippen molar-refractivity contribution in [1.29, 1.82) is 0 Å². The molecule has 2 N–H and O–H groups in total.